The van der Waals surface area contributed by atoms with Crippen molar-refractivity contribution in [3.8, 4) is 0 Å². The smallest absolute Gasteiger partial charge is 0.234 e. The van der Waals surface area contributed by atoms with Gasteiger partial charge in [-0.2, -0.15) is 0 Å². The summed E-state index contributed by atoms with van der Waals surface area (Å²) in [6.45, 7) is 0.825. The number of carbonyl (C=O) groups is 1. The van der Waals surface area contributed by atoms with E-state index in [1.165, 1.54) is 0 Å². The molecule has 2 rings (SSSR count). The van der Waals surface area contributed by atoms with Crippen molar-refractivity contribution in [3.05, 3.63) is 18.2 Å². The highest BCUT2D eigenvalue weighted by Gasteiger charge is 2.27. The molecular formula is C10H16N4O. The summed E-state index contributed by atoms with van der Waals surface area (Å²) in [4.78, 5) is 15.4. The van der Waals surface area contributed by atoms with Crippen molar-refractivity contribution in [3.63, 3.8) is 0 Å². The molecule has 0 spiro atoms. The van der Waals surface area contributed by atoms with E-state index in [9.17, 15) is 4.79 Å². The van der Waals surface area contributed by atoms with Crippen LogP contribution in [0.2, 0.25) is 0 Å². The van der Waals surface area contributed by atoms with E-state index in [1.807, 2.05) is 17.8 Å². The van der Waals surface area contributed by atoms with E-state index >= 15 is 0 Å². The van der Waals surface area contributed by atoms with E-state index in [4.69, 9.17) is 5.73 Å². The first-order valence-electron chi connectivity index (χ1n) is 5.18. The van der Waals surface area contributed by atoms with Crippen molar-refractivity contribution in [1.82, 2.24) is 14.9 Å². The number of nitrogens with two attached hydrogens (primary N) is 1. The highest BCUT2D eigenvalue weighted by molar-refractivity contribution is 5.80. The minimum atomic E-state index is -0.270. The molecule has 1 aromatic heterocycles. The molecule has 0 radical (unpaired) electrons. The topological polar surface area (TPSA) is 72.9 Å². The summed E-state index contributed by atoms with van der Waals surface area (Å²) in [5.41, 5.74) is 5.29. The quantitative estimate of drug-likeness (QED) is 0.703. The number of aryl methyl sites for hydroxylation is 1. The van der Waals surface area contributed by atoms with Crippen LogP contribution < -0.4 is 11.1 Å². The summed E-state index contributed by atoms with van der Waals surface area (Å²) in [7, 11) is 1.98. The Labute approximate surface area is 88.7 Å². The first-order valence-corrected chi connectivity index (χ1v) is 5.18. The van der Waals surface area contributed by atoms with Crippen LogP contribution in [0.4, 0.5) is 0 Å². The van der Waals surface area contributed by atoms with Gasteiger partial charge in [0.1, 0.15) is 5.82 Å². The van der Waals surface area contributed by atoms with E-state index in [0.29, 0.717) is 5.92 Å². The monoisotopic (exact) mass is 208 g/mol. The second-order valence-electron chi connectivity index (χ2n) is 4.03. The van der Waals surface area contributed by atoms with Crippen LogP contribution in [0.15, 0.2) is 12.4 Å². The van der Waals surface area contributed by atoms with Crippen LogP contribution in [0.5, 0.6) is 0 Å². The fraction of sp³-hybridized carbons (Fsp3) is 0.600. The summed E-state index contributed by atoms with van der Waals surface area (Å²) < 4.78 is 2.01. The number of hydrogen-bond acceptors (Lipinski definition) is 3. The SMILES string of the molecule is Cn1ccnc1C1CCNC(C(N)=O)C1. The van der Waals surface area contributed by atoms with Gasteiger partial charge in [0.05, 0.1) is 6.04 Å². The molecule has 2 heterocycles. The molecule has 1 fully saturated rings. The van der Waals surface area contributed by atoms with Crippen LogP contribution in [0.3, 0.4) is 0 Å². The number of hydrogen-bond donors (Lipinski definition) is 2. The average molecular weight is 208 g/mol. The maximum absolute atomic E-state index is 11.1. The molecule has 5 nitrogen and oxygen atoms in total. The van der Waals surface area contributed by atoms with Gasteiger partial charge in [-0.25, -0.2) is 4.98 Å². The lowest BCUT2D eigenvalue weighted by Crippen LogP contribution is -2.46. The highest BCUT2D eigenvalue weighted by Crippen LogP contribution is 2.25. The first-order chi connectivity index (χ1) is 7.18. The van der Waals surface area contributed by atoms with E-state index in [2.05, 4.69) is 10.3 Å². The fourth-order valence-corrected chi connectivity index (χ4v) is 2.14. The number of imidazole rings is 1. The van der Waals surface area contributed by atoms with E-state index in [-0.39, 0.29) is 11.9 Å². The number of nitrogens with zero attached hydrogens (tertiary/aromatic N) is 2. The molecule has 1 aliphatic rings. The third-order valence-electron chi connectivity index (χ3n) is 2.97. The molecule has 1 amide bonds. The zero-order chi connectivity index (χ0) is 10.8. The maximum atomic E-state index is 11.1. The van der Waals surface area contributed by atoms with Gasteiger partial charge >= 0.3 is 0 Å². The Morgan fingerprint density at radius 2 is 2.53 bits per heavy atom. The van der Waals surface area contributed by atoms with Gasteiger partial charge in [-0.3, -0.25) is 4.79 Å². The largest absolute Gasteiger partial charge is 0.368 e. The molecule has 1 aliphatic heterocycles. The lowest BCUT2D eigenvalue weighted by atomic mass is 9.91. The van der Waals surface area contributed by atoms with Crippen LogP contribution in [0.25, 0.3) is 0 Å². The number of primary amides is 1. The zero-order valence-electron chi connectivity index (χ0n) is 8.81. The minimum Gasteiger partial charge on any atom is -0.368 e. The lowest BCUT2D eigenvalue weighted by molar-refractivity contribution is -0.120. The second-order valence-corrected chi connectivity index (χ2v) is 4.03. The number of aromatic nitrogens is 2. The Kier molecular flexibility index (Phi) is 2.73. The molecule has 0 aliphatic carbocycles. The van der Waals surface area contributed by atoms with Gasteiger partial charge in [-0.15, -0.1) is 0 Å². The third-order valence-corrected chi connectivity index (χ3v) is 2.97. The Morgan fingerprint density at radius 3 is 3.13 bits per heavy atom. The molecule has 0 bridgehead atoms. The summed E-state index contributed by atoms with van der Waals surface area (Å²) in [6, 6.07) is -0.208. The van der Waals surface area contributed by atoms with Crippen molar-refractivity contribution >= 4 is 5.91 Å². The first kappa shape index (κ1) is 10.2. The number of carbonyl (C=O) groups excluding carboxylic acids is 1. The average Bonchev–Trinajstić information content (AvgIpc) is 2.64. The Morgan fingerprint density at radius 1 is 1.73 bits per heavy atom. The molecule has 0 aromatic carbocycles. The van der Waals surface area contributed by atoms with Crippen molar-refractivity contribution in [2.24, 2.45) is 12.8 Å². The van der Waals surface area contributed by atoms with Crippen LogP contribution in [0, 0.1) is 0 Å². The molecule has 2 unspecified atom stereocenters. The molecule has 2 atom stereocenters. The summed E-state index contributed by atoms with van der Waals surface area (Å²) in [5, 5.41) is 3.12. The number of nitrogens with one attached hydrogen (secondary N) is 1. The molecule has 15 heavy (non-hydrogen) atoms. The second kappa shape index (κ2) is 4.02. The lowest BCUT2D eigenvalue weighted by Gasteiger charge is -2.27. The Balaban J connectivity index is 2.11. The minimum absolute atomic E-state index is 0.208. The summed E-state index contributed by atoms with van der Waals surface area (Å²) >= 11 is 0. The summed E-state index contributed by atoms with van der Waals surface area (Å²) in [5.74, 6) is 1.11. The number of rotatable bonds is 2. The van der Waals surface area contributed by atoms with Crippen LogP contribution in [0.1, 0.15) is 24.6 Å². The maximum Gasteiger partial charge on any atom is 0.234 e. The van der Waals surface area contributed by atoms with Gasteiger partial charge in [0.15, 0.2) is 0 Å². The molecule has 5 heteroatoms. The van der Waals surface area contributed by atoms with Gasteiger partial charge in [0, 0.05) is 25.4 Å². The van der Waals surface area contributed by atoms with E-state index in [1.54, 1.807) is 6.20 Å². The van der Waals surface area contributed by atoms with Crippen molar-refractivity contribution in [1.29, 1.82) is 0 Å². The van der Waals surface area contributed by atoms with Gasteiger partial charge in [0.25, 0.3) is 0 Å². The van der Waals surface area contributed by atoms with Crippen LogP contribution in [-0.4, -0.2) is 28.0 Å². The van der Waals surface area contributed by atoms with E-state index < -0.39 is 0 Å². The van der Waals surface area contributed by atoms with Crippen LogP contribution >= 0.6 is 0 Å². The summed E-state index contributed by atoms with van der Waals surface area (Å²) in [6.07, 6.45) is 5.47. The van der Waals surface area contributed by atoms with Gasteiger partial charge in [-0.05, 0) is 19.4 Å². The van der Waals surface area contributed by atoms with Crippen molar-refractivity contribution < 1.29 is 4.79 Å². The molecule has 3 N–H and O–H groups in total. The molecule has 1 aromatic rings. The van der Waals surface area contributed by atoms with Gasteiger partial charge < -0.3 is 15.6 Å². The number of piperidine rings is 1. The third kappa shape index (κ3) is 2.02. The van der Waals surface area contributed by atoms with Crippen LogP contribution in [-0.2, 0) is 11.8 Å². The molecule has 82 valence electrons. The molecule has 0 saturated carbocycles. The predicted octanol–water partition coefficient (Wildman–Crippen LogP) is -0.259. The number of amides is 1. The fourth-order valence-electron chi connectivity index (χ4n) is 2.14. The molecule has 1 saturated heterocycles. The predicted molar refractivity (Wildman–Crippen MR) is 56.2 cm³/mol. The highest BCUT2D eigenvalue weighted by atomic mass is 16.1. The van der Waals surface area contributed by atoms with Crippen molar-refractivity contribution in [2.75, 3.05) is 6.54 Å². The van der Waals surface area contributed by atoms with Crippen molar-refractivity contribution in [2.45, 2.75) is 24.8 Å². The van der Waals surface area contributed by atoms with Gasteiger partial charge in [-0.1, -0.05) is 0 Å². The van der Waals surface area contributed by atoms with Gasteiger partial charge in [0.2, 0.25) is 5.91 Å². The normalized spacial score (nSPS) is 26.5. The molecular weight excluding hydrogens is 192 g/mol. The Bertz CT molecular complexity index is 360. The Hall–Kier alpha value is -1.36. The van der Waals surface area contributed by atoms with E-state index in [0.717, 1.165) is 25.2 Å². The standard InChI is InChI=1S/C10H16N4O/c1-14-5-4-13-10(14)7-2-3-12-8(6-7)9(11)15/h4-5,7-8,12H,2-3,6H2,1H3,(H2,11,15). The zero-order valence-corrected chi connectivity index (χ0v) is 8.81.